The van der Waals surface area contributed by atoms with Gasteiger partial charge < -0.3 is 15.0 Å². The minimum absolute atomic E-state index is 0.0552. The van der Waals surface area contributed by atoms with Crippen LogP contribution in [0.3, 0.4) is 0 Å². The number of nitrogens with zero attached hydrogens (tertiary/aromatic N) is 6. The van der Waals surface area contributed by atoms with Crippen LogP contribution in [0.15, 0.2) is 78.1 Å². The highest BCUT2D eigenvalue weighted by Crippen LogP contribution is 2.36. The van der Waals surface area contributed by atoms with Crippen LogP contribution in [0, 0.1) is 0 Å². The van der Waals surface area contributed by atoms with Crippen molar-refractivity contribution in [2.45, 2.75) is 56.3 Å². The van der Waals surface area contributed by atoms with Gasteiger partial charge in [0, 0.05) is 80.1 Å². The van der Waals surface area contributed by atoms with Crippen molar-refractivity contribution in [1.82, 2.24) is 29.5 Å². The molecule has 0 spiro atoms. The van der Waals surface area contributed by atoms with Crippen LogP contribution in [0.1, 0.15) is 43.1 Å². The van der Waals surface area contributed by atoms with Gasteiger partial charge >= 0.3 is 0 Å². The van der Waals surface area contributed by atoms with Crippen LogP contribution >= 0.6 is 0 Å². The molecule has 2 atom stereocenters. The highest BCUT2D eigenvalue weighted by Gasteiger charge is 2.37. The molecule has 11 nitrogen and oxygen atoms in total. The van der Waals surface area contributed by atoms with Crippen LogP contribution in [0.4, 0.5) is 5.69 Å². The number of carbonyl (C=O) groups is 1. The summed E-state index contributed by atoms with van der Waals surface area (Å²) in [5.41, 5.74) is 3.61. The zero-order valence-corrected chi connectivity index (χ0v) is 27.0. The Balaban J connectivity index is 1.27. The second kappa shape index (κ2) is 12.2. The quantitative estimate of drug-likeness (QED) is 0.297. The Hall–Kier alpha value is -4.42. The van der Waals surface area contributed by atoms with E-state index >= 15 is 0 Å². The van der Waals surface area contributed by atoms with E-state index in [0.717, 1.165) is 33.2 Å². The molecule has 2 aliphatic rings. The van der Waals surface area contributed by atoms with E-state index in [-0.39, 0.29) is 17.4 Å². The maximum Gasteiger partial charge on any atom is 0.265 e. The van der Waals surface area contributed by atoms with E-state index in [9.17, 15) is 13.2 Å². The lowest BCUT2D eigenvalue weighted by molar-refractivity contribution is -0.124. The van der Waals surface area contributed by atoms with Crippen LogP contribution in [0.5, 0.6) is 5.75 Å². The molecule has 0 bridgehead atoms. The number of benzene rings is 3. The third-order valence-electron chi connectivity index (χ3n) is 8.63. The molecular weight excluding hydrogens is 590 g/mol. The van der Waals surface area contributed by atoms with Gasteiger partial charge in [0.15, 0.2) is 0 Å². The summed E-state index contributed by atoms with van der Waals surface area (Å²) in [4.78, 5) is 17.5. The van der Waals surface area contributed by atoms with Crippen LogP contribution in [-0.2, 0) is 27.8 Å². The summed E-state index contributed by atoms with van der Waals surface area (Å²) < 4.78 is 37.3. The number of amides is 1. The number of hydrogen-bond acceptors (Lipinski definition) is 8. The van der Waals surface area contributed by atoms with E-state index < -0.39 is 22.0 Å². The first-order valence-corrected chi connectivity index (χ1v) is 16.5. The number of ether oxygens (including phenoxy) is 1. The standard InChI is InChI=1S/C33H39N7O4S/c1-22(2)38(5)20-23-12-13-27-29(14-17-44-31(27)18-23)39-21-24(35-36-39)19-30-33(41)34-15-16-40(30)45(42,43)32-11-7-8-25-26(32)9-6-10-28(25)37(3)4/h6-13,15-16,18,21-22,29-30H,14,17,19-20H2,1-5H3,(H,34,41). The van der Waals surface area contributed by atoms with Crippen molar-refractivity contribution in [3.8, 4) is 5.75 Å². The zero-order valence-electron chi connectivity index (χ0n) is 26.2. The van der Waals surface area contributed by atoms with Gasteiger partial charge in [-0.2, -0.15) is 0 Å². The molecule has 6 rings (SSSR count). The van der Waals surface area contributed by atoms with Gasteiger partial charge in [0.05, 0.1) is 23.2 Å². The van der Waals surface area contributed by atoms with Crippen LogP contribution in [-0.4, -0.2) is 78.4 Å². The number of sulfonamides is 1. The topological polar surface area (TPSA) is 113 Å². The Bertz CT molecular complexity index is 1870. The Morgan fingerprint density at radius 2 is 1.84 bits per heavy atom. The van der Waals surface area contributed by atoms with Crippen molar-refractivity contribution < 1.29 is 17.9 Å². The Kier molecular flexibility index (Phi) is 8.27. The number of nitrogens with one attached hydrogen (secondary N) is 1. The largest absolute Gasteiger partial charge is 0.493 e. The molecule has 236 valence electrons. The lowest BCUT2D eigenvalue weighted by Gasteiger charge is -2.31. The summed E-state index contributed by atoms with van der Waals surface area (Å²) in [6.45, 7) is 5.69. The minimum atomic E-state index is -4.11. The summed E-state index contributed by atoms with van der Waals surface area (Å²) in [6.07, 6.45) is 5.33. The van der Waals surface area contributed by atoms with Gasteiger partial charge in [0.25, 0.3) is 10.0 Å². The van der Waals surface area contributed by atoms with Crippen LogP contribution in [0.2, 0.25) is 0 Å². The Morgan fingerprint density at radius 1 is 1.07 bits per heavy atom. The first-order chi connectivity index (χ1) is 21.5. The molecule has 0 radical (unpaired) electrons. The van der Waals surface area contributed by atoms with Gasteiger partial charge in [-0.15, -0.1) is 5.10 Å². The van der Waals surface area contributed by atoms with E-state index in [1.54, 1.807) is 29.1 Å². The van der Waals surface area contributed by atoms with E-state index in [2.05, 4.69) is 59.6 Å². The number of anilines is 1. The van der Waals surface area contributed by atoms with Gasteiger partial charge in [-0.1, -0.05) is 41.6 Å². The SMILES string of the molecule is CC(C)N(C)Cc1ccc2c(c1)OCCC2n1cc(CC2C(=O)NC=CN2S(=O)(=O)c2cccc3c(N(C)C)cccc23)nn1. The first-order valence-electron chi connectivity index (χ1n) is 15.1. The highest BCUT2D eigenvalue weighted by atomic mass is 32.2. The molecule has 45 heavy (non-hydrogen) atoms. The number of rotatable bonds is 9. The second-order valence-electron chi connectivity index (χ2n) is 12.1. The van der Waals surface area contributed by atoms with Gasteiger partial charge in [-0.3, -0.25) is 14.0 Å². The lowest BCUT2D eigenvalue weighted by Crippen LogP contribution is -2.50. The molecule has 1 aromatic heterocycles. The van der Waals surface area contributed by atoms with Crippen molar-refractivity contribution in [3.63, 3.8) is 0 Å². The molecule has 3 aromatic carbocycles. The molecule has 0 saturated heterocycles. The molecule has 0 saturated carbocycles. The molecule has 2 aliphatic heterocycles. The molecule has 4 aromatic rings. The summed E-state index contributed by atoms with van der Waals surface area (Å²) in [6, 6.07) is 16.4. The first kappa shape index (κ1) is 30.6. The second-order valence-corrected chi connectivity index (χ2v) is 13.9. The molecule has 2 unspecified atom stereocenters. The van der Waals surface area contributed by atoms with E-state index in [0.29, 0.717) is 30.1 Å². The Morgan fingerprint density at radius 3 is 2.62 bits per heavy atom. The molecule has 0 aliphatic carbocycles. The fourth-order valence-electron chi connectivity index (χ4n) is 5.95. The molecule has 1 N–H and O–H groups in total. The normalized spacial score (nSPS) is 18.3. The summed E-state index contributed by atoms with van der Waals surface area (Å²) in [5.74, 6) is 0.402. The molecule has 3 heterocycles. The smallest absolute Gasteiger partial charge is 0.265 e. The number of fused-ring (bicyclic) bond motifs is 2. The molecular formula is C33H39N7O4S. The van der Waals surface area contributed by atoms with Crippen LogP contribution in [0.25, 0.3) is 10.8 Å². The number of carbonyl (C=O) groups excluding carboxylic acids is 1. The number of aromatic nitrogens is 3. The number of hydrogen-bond donors (Lipinski definition) is 1. The lowest BCUT2D eigenvalue weighted by atomic mass is 9.98. The third-order valence-corrected chi connectivity index (χ3v) is 10.5. The van der Waals surface area contributed by atoms with Crippen LogP contribution < -0.4 is 15.0 Å². The summed E-state index contributed by atoms with van der Waals surface area (Å²) in [7, 11) is 1.82. The fourth-order valence-corrected chi connectivity index (χ4v) is 7.61. The van der Waals surface area contributed by atoms with Gasteiger partial charge in [0.1, 0.15) is 11.8 Å². The van der Waals surface area contributed by atoms with Gasteiger partial charge in [-0.25, -0.2) is 13.1 Å². The maximum absolute atomic E-state index is 14.2. The van der Waals surface area contributed by atoms with Crippen molar-refractivity contribution in [2.24, 2.45) is 0 Å². The van der Waals surface area contributed by atoms with E-state index in [1.807, 2.05) is 37.2 Å². The monoisotopic (exact) mass is 629 g/mol. The van der Waals surface area contributed by atoms with Crippen molar-refractivity contribution in [1.29, 1.82) is 0 Å². The summed E-state index contributed by atoms with van der Waals surface area (Å²) in [5, 5.41) is 12.9. The van der Waals surface area contributed by atoms with E-state index in [4.69, 9.17) is 4.74 Å². The zero-order chi connectivity index (χ0) is 31.9. The van der Waals surface area contributed by atoms with Gasteiger partial charge in [-0.05, 0) is 44.7 Å². The third kappa shape index (κ3) is 5.87. The average molecular weight is 630 g/mol. The fraction of sp³-hybridized carbons (Fsp3) is 0.364. The van der Waals surface area contributed by atoms with Crippen molar-refractivity contribution >= 4 is 32.4 Å². The minimum Gasteiger partial charge on any atom is -0.493 e. The predicted molar refractivity (Wildman–Crippen MR) is 173 cm³/mol. The Labute approximate surface area is 264 Å². The predicted octanol–water partition coefficient (Wildman–Crippen LogP) is 3.91. The van der Waals surface area contributed by atoms with Gasteiger partial charge in [0.2, 0.25) is 5.91 Å². The molecule has 0 fully saturated rings. The van der Waals surface area contributed by atoms with E-state index in [1.165, 1.54) is 18.0 Å². The summed E-state index contributed by atoms with van der Waals surface area (Å²) >= 11 is 0. The molecule has 12 heteroatoms. The molecule has 1 amide bonds. The van der Waals surface area contributed by atoms with Crippen molar-refractivity contribution in [3.05, 3.63) is 90.0 Å². The highest BCUT2D eigenvalue weighted by molar-refractivity contribution is 7.89. The average Bonchev–Trinajstić information content (AvgIpc) is 3.49. The van der Waals surface area contributed by atoms with Crippen molar-refractivity contribution in [2.75, 3.05) is 32.6 Å². The maximum atomic E-state index is 14.2.